The number of rotatable bonds is 5. The average Bonchev–Trinajstić information content (AvgIpc) is 3.28. The van der Waals surface area contributed by atoms with Gasteiger partial charge in [0.15, 0.2) is 6.10 Å². The maximum Gasteiger partial charge on any atom is 0.357 e. The van der Waals surface area contributed by atoms with Crippen molar-refractivity contribution in [2.45, 2.75) is 13.0 Å². The number of esters is 1. The van der Waals surface area contributed by atoms with Gasteiger partial charge in [-0.1, -0.05) is 48.5 Å². The van der Waals surface area contributed by atoms with Gasteiger partial charge in [0.05, 0.1) is 5.69 Å². The molecule has 2 heterocycles. The van der Waals surface area contributed by atoms with E-state index in [4.69, 9.17) is 4.74 Å². The second kappa shape index (κ2) is 7.15. The predicted octanol–water partition coefficient (Wildman–Crippen LogP) is 3.99. The Labute approximate surface area is 161 Å². The molecule has 0 amide bonds. The number of fused-ring (bicyclic) bond motifs is 1. The summed E-state index contributed by atoms with van der Waals surface area (Å²) in [5, 5.41) is 4.97. The Hall–Kier alpha value is -3.67. The molecule has 0 aliphatic heterocycles. The van der Waals surface area contributed by atoms with Crippen molar-refractivity contribution in [3.63, 3.8) is 0 Å². The minimum atomic E-state index is -1.05. The number of nitrogens with zero attached hydrogens (tertiary/aromatic N) is 2. The molecule has 2 aromatic carbocycles. The number of ether oxygens (including phenoxy) is 1. The fourth-order valence-electron chi connectivity index (χ4n) is 3.29. The van der Waals surface area contributed by atoms with Crippen LogP contribution < -0.4 is 0 Å². The average molecular weight is 373 g/mol. The first-order valence-electron chi connectivity index (χ1n) is 8.91. The van der Waals surface area contributed by atoms with Gasteiger partial charge in [0.2, 0.25) is 5.78 Å². The summed E-state index contributed by atoms with van der Waals surface area (Å²) in [6.45, 7) is 1.79. The number of carbonyl (C=O) groups excluding carboxylic acids is 2. The molecule has 4 aromatic rings. The summed E-state index contributed by atoms with van der Waals surface area (Å²) in [6, 6.07) is 18.2. The van der Waals surface area contributed by atoms with Crippen LogP contribution in [0, 0.1) is 6.92 Å². The van der Waals surface area contributed by atoms with Crippen LogP contribution >= 0.6 is 0 Å². The molecule has 0 spiro atoms. The predicted molar refractivity (Wildman–Crippen MR) is 105 cm³/mol. The van der Waals surface area contributed by atoms with Gasteiger partial charge in [-0.2, -0.15) is 5.10 Å². The van der Waals surface area contributed by atoms with Crippen LogP contribution in [0.2, 0.25) is 0 Å². The highest BCUT2D eigenvalue weighted by molar-refractivity contribution is 6.10. The summed E-state index contributed by atoms with van der Waals surface area (Å²) in [6.07, 6.45) is 0.605. The Kier molecular flexibility index (Phi) is 4.53. The summed E-state index contributed by atoms with van der Waals surface area (Å²) < 4.78 is 7.14. The summed E-state index contributed by atoms with van der Waals surface area (Å²) >= 11 is 0. The SMILES string of the molecule is Cc1cc(C(=O)O[C@H](C(=O)c2c[nH]c3ccccc23)c2ccccc2)n(C)n1. The third-order valence-electron chi connectivity index (χ3n) is 4.63. The zero-order valence-corrected chi connectivity index (χ0v) is 15.5. The molecule has 1 atom stereocenters. The summed E-state index contributed by atoms with van der Waals surface area (Å²) in [5.41, 5.74) is 2.95. The topological polar surface area (TPSA) is 77.0 Å². The molecule has 6 heteroatoms. The zero-order valence-electron chi connectivity index (χ0n) is 15.5. The Morgan fingerprint density at radius 2 is 1.79 bits per heavy atom. The highest BCUT2D eigenvalue weighted by atomic mass is 16.5. The van der Waals surface area contributed by atoms with Gasteiger partial charge in [0.1, 0.15) is 5.69 Å². The number of hydrogen-bond donors (Lipinski definition) is 1. The molecule has 0 fully saturated rings. The van der Waals surface area contributed by atoms with Gasteiger partial charge in [-0.3, -0.25) is 9.48 Å². The molecule has 0 aliphatic rings. The lowest BCUT2D eigenvalue weighted by atomic mass is 9.99. The number of aromatic nitrogens is 3. The number of hydrogen-bond acceptors (Lipinski definition) is 4. The number of Topliss-reactive ketones (excluding diaryl/α,β-unsaturated/α-hetero) is 1. The molecule has 0 bridgehead atoms. The molecular weight excluding hydrogens is 354 g/mol. The third-order valence-corrected chi connectivity index (χ3v) is 4.63. The standard InChI is InChI=1S/C22H19N3O3/c1-14-12-19(25(2)24-14)22(27)28-21(15-8-4-3-5-9-15)20(26)17-13-23-18-11-7-6-10-16(17)18/h3-13,21,23H,1-2H3/t21-/m0/s1. The van der Waals surface area contributed by atoms with Crippen molar-refractivity contribution in [1.29, 1.82) is 0 Å². The van der Waals surface area contributed by atoms with Gasteiger partial charge in [-0.05, 0) is 19.1 Å². The molecule has 2 aromatic heterocycles. The second-order valence-electron chi connectivity index (χ2n) is 6.60. The molecule has 28 heavy (non-hydrogen) atoms. The Morgan fingerprint density at radius 1 is 1.07 bits per heavy atom. The highest BCUT2D eigenvalue weighted by Crippen LogP contribution is 2.28. The van der Waals surface area contributed by atoms with E-state index in [0.29, 0.717) is 22.5 Å². The van der Waals surface area contributed by atoms with Crippen molar-refractivity contribution in [1.82, 2.24) is 14.8 Å². The van der Waals surface area contributed by atoms with Crippen molar-refractivity contribution in [2.24, 2.45) is 7.05 Å². The first kappa shape index (κ1) is 17.7. The van der Waals surface area contributed by atoms with Crippen molar-refractivity contribution in [3.8, 4) is 0 Å². The molecule has 140 valence electrons. The lowest BCUT2D eigenvalue weighted by Crippen LogP contribution is -2.21. The van der Waals surface area contributed by atoms with E-state index in [0.717, 1.165) is 10.9 Å². The first-order valence-corrected chi connectivity index (χ1v) is 8.91. The quantitative estimate of drug-likeness (QED) is 0.424. The van der Waals surface area contributed by atoms with Gasteiger partial charge >= 0.3 is 5.97 Å². The van der Waals surface area contributed by atoms with Gasteiger partial charge in [-0.25, -0.2) is 4.79 Å². The fraction of sp³-hybridized carbons (Fsp3) is 0.136. The third kappa shape index (κ3) is 3.20. The lowest BCUT2D eigenvalue weighted by Gasteiger charge is -2.17. The largest absolute Gasteiger partial charge is 0.444 e. The molecule has 6 nitrogen and oxygen atoms in total. The minimum absolute atomic E-state index is 0.282. The van der Waals surface area contributed by atoms with Crippen LogP contribution in [0.1, 0.15) is 38.2 Å². The Morgan fingerprint density at radius 3 is 2.50 bits per heavy atom. The molecular formula is C22H19N3O3. The number of ketones is 1. The van der Waals surface area contributed by atoms with Crippen molar-refractivity contribution >= 4 is 22.7 Å². The van der Waals surface area contributed by atoms with Crippen molar-refractivity contribution in [2.75, 3.05) is 0 Å². The normalized spacial score (nSPS) is 12.1. The molecule has 0 saturated carbocycles. The minimum Gasteiger partial charge on any atom is -0.444 e. The number of benzene rings is 2. The number of carbonyl (C=O) groups is 2. The number of nitrogens with one attached hydrogen (secondary N) is 1. The zero-order chi connectivity index (χ0) is 19.7. The summed E-state index contributed by atoms with van der Waals surface area (Å²) in [5.74, 6) is -0.874. The van der Waals surface area contributed by atoms with Crippen LogP contribution in [0.15, 0.2) is 66.9 Å². The Balaban J connectivity index is 1.73. The van der Waals surface area contributed by atoms with Crippen LogP contribution in [0.5, 0.6) is 0 Å². The van der Waals surface area contributed by atoms with Crippen molar-refractivity contribution in [3.05, 3.63) is 89.4 Å². The van der Waals surface area contributed by atoms with Crippen LogP contribution in [-0.4, -0.2) is 26.5 Å². The van der Waals surface area contributed by atoms with Gasteiger partial charge in [0.25, 0.3) is 0 Å². The van der Waals surface area contributed by atoms with E-state index in [2.05, 4.69) is 10.1 Å². The van der Waals surface area contributed by atoms with Gasteiger partial charge in [-0.15, -0.1) is 0 Å². The molecule has 0 radical (unpaired) electrons. The number of aromatic amines is 1. The number of para-hydroxylation sites is 1. The van der Waals surface area contributed by atoms with E-state index in [1.165, 1.54) is 4.68 Å². The molecule has 4 rings (SSSR count). The lowest BCUT2D eigenvalue weighted by molar-refractivity contribution is 0.0270. The van der Waals surface area contributed by atoms with Crippen LogP contribution in [0.25, 0.3) is 10.9 Å². The summed E-state index contributed by atoms with van der Waals surface area (Å²) in [7, 11) is 1.67. The maximum absolute atomic E-state index is 13.4. The van der Waals surface area contributed by atoms with Gasteiger partial charge < -0.3 is 9.72 Å². The van der Waals surface area contributed by atoms with E-state index in [9.17, 15) is 9.59 Å². The van der Waals surface area contributed by atoms with Crippen molar-refractivity contribution < 1.29 is 14.3 Å². The van der Waals surface area contributed by atoms with E-state index in [1.54, 1.807) is 38.4 Å². The molecule has 1 N–H and O–H groups in total. The molecule has 0 unspecified atom stereocenters. The monoisotopic (exact) mass is 373 g/mol. The van der Waals surface area contributed by atoms with Crippen LogP contribution in [-0.2, 0) is 11.8 Å². The smallest absolute Gasteiger partial charge is 0.357 e. The van der Waals surface area contributed by atoms with Crippen LogP contribution in [0.3, 0.4) is 0 Å². The molecule has 0 aliphatic carbocycles. The summed E-state index contributed by atoms with van der Waals surface area (Å²) in [4.78, 5) is 29.2. The highest BCUT2D eigenvalue weighted by Gasteiger charge is 2.29. The first-order chi connectivity index (χ1) is 13.5. The number of H-pyrrole nitrogens is 1. The molecule has 0 saturated heterocycles. The fourth-order valence-corrected chi connectivity index (χ4v) is 3.29. The van der Waals surface area contributed by atoms with E-state index in [1.807, 2.05) is 42.5 Å². The van der Waals surface area contributed by atoms with E-state index >= 15 is 0 Å². The Bertz CT molecular complexity index is 1160. The van der Waals surface area contributed by atoms with E-state index in [-0.39, 0.29) is 5.78 Å². The van der Waals surface area contributed by atoms with Crippen LogP contribution in [0.4, 0.5) is 0 Å². The van der Waals surface area contributed by atoms with E-state index < -0.39 is 12.1 Å². The van der Waals surface area contributed by atoms with Gasteiger partial charge in [0, 0.05) is 35.3 Å². The maximum atomic E-state index is 13.4. The number of aryl methyl sites for hydroxylation is 2. The second-order valence-corrected chi connectivity index (χ2v) is 6.60.